The van der Waals surface area contributed by atoms with Crippen molar-refractivity contribution in [2.45, 2.75) is 30.5 Å². The van der Waals surface area contributed by atoms with Crippen LogP contribution in [0.3, 0.4) is 0 Å². The van der Waals surface area contributed by atoms with Crippen LogP contribution in [0.1, 0.15) is 19.4 Å². The molecule has 0 radical (unpaired) electrons. The molecule has 2 rings (SSSR count). The van der Waals surface area contributed by atoms with Crippen molar-refractivity contribution in [2.24, 2.45) is 0 Å². The number of aliphatic carboxylic acids is 1. The van der Waals surface area contributed by atoms with E-state index in [1.165, 1.54) is 11.0 Å². The second kappa shape index (κ2) is 8.33. The zero-order valence-corrected chi connectivity index (χ0v) is 16.0. The van der Waals surface area contributed by atoms with Gasteiger partial charge >= 0.3 is 5.97 Å². The molecule has 7 nitrogen and oxygen atoms in total. The van der Waals surface area contributed by atoms with Crippen LogP contribution in [0.4, 0.5) is 5.69 Å². The molecule has 0 aliphatic heterocycles. The number of sulfonamides is 1. The average Bonchev–Trinajstić information content (AvgIpc) is 3.09. The molecular weight excluding hydrogens is 376 g/mol. The standard InChI is InChI=1S/C17H20N2O5S2/c1-12(2)19(11-16(21)22)15(20)10-13-5-7-14(8-6-13)18-26(23,24)17-4-3-9-25-17/h3-9,12,18H,10-11H2,1-2H3,(H,21,22). The number of rotatable bonds is 8. The van der Waals surface area contributed by atoms with Crippen LogP contribution in [0.5, 0.6) is 0 Å². The lowest BCUT2D eigenvalue weighted by atomic mass is 10.1. The van der Waals surface area contributed by atoms with Gasteiger partial charge < -0.3 is 10.0 Å². The van der Waals surface area contributed by atoms with E-state index in [1.54, 1.807) is 49.6 Å². The minimum atomic E-state index is -3.62. The maximum absolute atomic E-state index is 12.3. The minimum Gasteiger partial charge on any atom is -0.480 e. The molecule has 1 aromatic carbocycles. The van der Waals surface area contributed by atoms with Crippen LogP contribution in [0.25, 0.3) is 0 Å². The van der Waals surface area contributed by atoms with Gasteiger partial charge in [0, 0.05) is 11.7 Å². The van der Waals surface area contributed by atoms with E-state index in [1.807, 2.05) is 0 Å². The number of amides is 1. The smallest absolute Gasteiger partial charge is 0.323 e. The number of thiophene rings is 1. The molecule has 0 fully saturated rings. The van der Waals surface area contributed by atoms with Gasteiger partial charge in [-0.3, -0.25) is 14.3 Å². The summed E-state index contributed by atoms with van der Waals surface area (Å²) in [6, 6.07) is 9.38. The van der Waals surface area contributed by atoms with Crippen molar-refractivity contribution >= 4 is 38.9 Å². The summed E-state index contributed by atoms with van der Waals surface area (Å²) >= 11 is 1.12. The van der Waals surface area contributed by atoms with Crippen molar-refractivity contribution in [2.75, 3.05) is 11.3 Å². The lowest BCUT2D eigenvalue weighted by molar-refractivity contribution is -0.145. The highest BCUT2D eigenvalue weighted by Crippen LogP contribution is 2.20. The van der Waals surface area contributed by atoms with Crippen LogP contribution < -0.4 is 4.72 Å². The van der Waals surface area contributed by atoms with Crippen molar-refractivity contribution in [3.63, 3.8) is 0 Å². The van der Waals surface area contributed by atoms with E-state index in [2.05, 4.69) is 4.72 Å². The summed E-state index contributed by atoms with van der Waals surface area (Å²) in [5.74, 6) is -1.36. The summed E-state index contributed by atoms with van der Waals surface area (Å²) in [4.78, 5) is 24.5. The first kappa shape index (κ1) is 19.9. The van der Waals surface area contributed by atoms with Gasteiger partial charge in [-0.2, -0.15) is 0 Å². The molecule has 1 heterocycles. The van der Waals surface area contributed by atoms with E-state index in [0.29, 0.717) is 11.3 Å². The zero-order chi connectivity index (χ0) is 19.3. The van der Waals surface area contributed by atoms with Gasteiger partial charge in [0.05, 0.1) is 6.42 Å². The summed E-state index contributed by atoms with van der Waals surface area (Å²) in [5.41, 5.74) is 1.06. The van der Waals surface area contributed by atoms with E-state index in [4.69, 9.17) is 5.11 Å². The van der Waals surface area contributed by atoms with E-state index in [-0.39, 0.29) is 29.1 Å². The normalized spacial score (nSPS) is 11.3. The van der Waals surface area contributed by atoms with Crippen molar-refractivity contribution in [3.05, 3.63) is 47.3 Å². The van der Waals surface area contributed by atoms with Gasteiger partial charge in [-0.05, 0) is 43.0 Å². The number of carboxylic acid groups (broad SMARTS) is 1. The third-order valence-corrected chi connectivity index (χ3v) is 6.35. The Kier molecular flexibility index (Phi) is 6.38. The molecule has 0 atom stereocenters. The first-order chi connectivity index (χ1) is 12.2. The molecule has 1 amide bonds. The number of nitrogens with one attached hydrogen (secondary N) is 1. The Balaban J connectivity index is 2.05. The van der Waals surface area contributed by atoms with Gasteiger partial charge in [-0.1, -0.05) is 18.2 Å². The second-order valence-electron chi connectivity index (χ2n) is 5.92. The summed E-state index contributed by atoms with van der Waals surface area (Å²) in [6.07, 6.45) is 0.0451. The fourth-order valence-corrected chi connectivity index (χ4v) is 4.34. The Morgan fingerprint density at radius 1 is 1.19 bits per heavy atom. The molecule has 0 saturated heterocycles. The Hall–Kier alpha value is -2.39. The van der Waals surface area contributed by atoms with Crippen molar-refractivity contribution in [3.8, 4) is 0 Å². The topological polar surface area (TPSA) is 104 Å². The molecule has 9 heteroatoms. The third kappa shape index (κ3) is 5.30. The number of hydrogen-bond acceptors (Lipinski definition) is 5. The minimum absolute atomic E-state index is 0.0451. The molecule has 2 N–H and O–H groups in total. The van der Waals surface area contributed by atoms with Crippen LogP contribution >= 0.6 is 11.3 Å². The largest absolute Gasteiger partial charge is 0.480 e. The van der Waals surface area contributed by atoms with Gasteiger partial charge in [-0.25, -0.2) is 8.42 Å². The lowest BCUT2D eigenvalue weighted by Gasteiger charge is -2.25. The molecule has 26 heavy (non-hydrogen) atoms. The molecule has 0 spiro atoms. The number of hydrogen-bond donors (Lipinski definition) is 2. The Morgan fingerprint density at radius 3 is 2.35 bits per heavy atom. The molecule has 0 saturated carbocycles. The monoisotopic (exact) mass is 396 g/mol. The summed E-state index contributed by atoms with van der Waals surface area (Å²) in [7, 11) is -3.62. The van der Waals surface area contributed by atoms with Crippen molar-refractivity contribution in [1.82, 2.24) is 4.90 Å². The molecule has 0 unspecified atom stereocenters. The fraction of sp³-hybridized carbons (Fsp3) is 0.294. The first-order valence-electron chi connectivity index (χ1n) is 7.85. The van der Waals surface area contributed by atoms with Crippen molar-refractivity contribution < 1.29 is 23.1 Å². The van der Waals surface area contributed by atoms with E-state index < -0.39 is 16.0 Å². The molecular formula is C17H20N2O5S2. The number of carbonyl (C=O) groups is 2. The quantitative estimate of drug-likeness (QED) is 0.713. The molecule has 2 aromatic rings. The molecule has 1 aromatic heterocycles. The number of carboxylic acids is 1. The highest BCUT2D eigenvalue weighted by Gasteiger charge is 2.20. The summed E-state index contributed by atoms with van der Waals surface area (Å²) < 4.78 is 27.0. The number of nitrogens with zero attached hydrogens (tertiary/aromatic N) is 1. The van der Waals surface area contributed by atoms with Crippen LogP contribution in [0, 0.1) is 0 Å². The van der Waals surface area contributed by atoms with Gasteiger partial charge in [0.15, 0.2) is 0 Å². The number of carbonyl (C=O) groups excluding carboxylic acids is 1. The predicted octanol–water partition coefficient (Wildman–Crippen LogP) is 2.41. The Labute approximate surface area is 156 Å². The van der Waals surface area contributed by atoms with Crippen LogP contribution in [-0.4, -0.2) is 42.9 Å². The Morgan fingerprint density at radius 2 is 1.85 bits per heavy atom. The van der Waals surface area contributed by atoms with Crippen LogP contribution in [0.15, 0.2) is 46.0 Å². The SMILES string of the molecule is CC(C)N(CC(=O)O)C(=O)Cc1ccc(NS(=O)(=O)c2cccs2)cc1. The van der Waals surface area contributed by atoms with E-state index in [9.17, 15) is 18.0 Å². The predicted molar refractivity (Wildman–Crippen MR) is 99.8 cm³/mol. The first-order valence-corrected chi connectivity index (χ1v) is 10.2. The third-order valence-electron chi connectivity index (χ3n) is 3.57. The molecule has 140 valence electrons. The highest BCUT2D eigenvalue weighted by molar-refractivity contribution is 7.94. The number of benzene rings is 1. The van der Waals surface area contributed by atoms with Gasteiger partial charge in [0.25, 0.3) is 10.0 Å². The van der Waals surface area contributed by atoms with Crippen molar-refractivity contribution in [1.29, 1.82) is 0 Å². The maximum Gasteiger partial charge on any atom is 0.323 e. The number of anilines is 1. The maximum atomic E-state index is 12.3. The fourth-order valence-electron chi connectivity index (χ4n) is 2.29. The van der Waals surface area contributed by atoms with Crippen LogP contribution in [0.2, 0.25) is 0 Å². The summed E-state index contributed by atoms with van der Waals surface area (Å²) in [5, 5.41) is 10.6. The molecule has 0 aliphatic carbocycles. The Bertz CT molecular complexity index is 859. The molecule has 0 bridgehead atoms. The van der Waals surface area contributed by atoms with Crippen LogP contribution in [-0.2, 0) is 26.0 Å². The highest BCUT2D eigenvalue weighted by atomic mass is 32.2. The second-order valence-corrected chi connectivity index (χ2v) is 8.78. The van der Waals surface area contributed by atoms with Gasteiger partial charge in [0.2, 0.25) is 5.91 Å². The zero-order valence-electron chi connectivity index (χ0n) is 14.4. The van der Waals surface area contributed by atoms with Gasteiger partial charge in [0.1, 0.15) is 10.8 Å². The van der Waals surface area contributed by atoms with E-state index >= 15 is 0 Å². The summed E-state index contributed by atoms with van der Waals surface area (Å²) in [6.45, 7) is 3.15. The molecule has 0 aliphatic rings. The van der Waals surface area contributed by atoms with E-state index in [0.717, 1.165) is 11.3 Å². The van der Waals surface area contributed by atoms with Gasteiger partial charge in [-0.15, -0.1) is 11.3 Å². The average molecular weight is 396 g/mol. The lowest BCUT2D eigenvalue weighted by Crippen LogP contribution is -2.41.